The quantitative estimate of drug-likeness (QED) is 0.683. The molecular weight excluding hydrogens is 330 g/mol. The summed E-state index contributed by atoms with van der Waals surface area (Å²) in [6, 6.07) is 7.92. The largest absolute Gasteiger partial charge is 0.494 e. The number of nitrogens with zero attached hydrogens (tertiary/aromatic N) is 1. The predicted octanol–water partition coefficient (Wildman–Crippen LogP) is 0.985. The van der Waals surface area contributed by atoms with Crippen LogP contribution in [0.15, 0.2) is 41.1 Å². The van der Waals surface area contributed by atoms with Crippen LogP contribution in [0.25, 0.3) is 0 Å². The fraction of sp³-hybridized carbons (Fsp3) is 0.250. The van der Waals surface area contributed by atoms with Crippen LogP contribution >= 0.6 is 0 Å². The van der Waals surface area contributed by atoms with Gasteiger partial charge < -0.3 is 24.6 Å². The van der Waals surface area contributed by atoms with Gasteiger partial charge in [-0.05, 0) is 31.2 Å². The van der Waals surface area contributed by atoms with Crippen molar-refractivity contribution < 1.29 is 28.4 Å². The molecule has 2 aromatic rings. The lowest BCUT2D eigenvalue weighted by Crippen LogP contribution is -2.32. The van der Waals surface area contributed by atoms with Gasteiger partial charge in [0.25, 0.3) is 11.8 Å². The van der Waals surface area contributed by atoms with Crippen LogP contribution < -0.4 is 15.4 Å². The number of nitrogens with one attached hydrogen (secondary N) is 2. The summed E-state index contributed by atoms with van der Waals surface area (Å²) in [6.45, 7) is 1.54. The van der Waals surface area contributed by atoms with E-state index in [9.17, 15) is 14.4 Å². The van der Waals surface area contributed by atoms with Gasteiger partial charge in [-0.15, -0.1) is 0 Å². The maximum absolute atomic E-state index is 11.9. The molecule has 0 aliphatic carbocycles. The summed E-state index contributed by atoms with van der Waals surface area (Å²) in [7, 11) is 0. The highest BCUT2D eigenvalue weighted by Gasteiger charge is 2.11. The zero-order valence-electron chi connectivity index (χ0n) is 13.5. The molecule has 0 spiro atoms. The third kappa shape index (κ3) is 5.98. The topological polar surface area (TPSA) is 120 Å². The predicted molar refractivity (Wildman–Crippen MR) is 86.0 cm³/mol. The average Bonchev–Trinajstić information content (AvgIpc) is 3.11. The van der Waals surface area contributed by atoms with E-state index in [1.54, 1.807) is 24.3 Å². The standard InChI is InChI=1S/C16H17N3O6/c1-2-23-12-5-3-11(4-6-12)16(22)17-9-15(21)24-10-14(20)18-13-7-8-25-19-13/h3-8H,2,9-10H2,1H3,(H,17,22)(H,18,19,20). The van der Waals surface area contributed by atoms with E-state index >= 15 is 0 Å². The van der Waals surface area contributed by atoms with Crippen molar-refractivity contribution in [1.82, 2.24) is 10.5 Å². The van der Waals surface area contributed by atoms with Crippen molar-refractivity contribution in [2.24, 2.45) is 0 Å². The van der Waals surface area contributed by atoms with Gasteiger partial charge in [0.15, 0.2) is 12.4 Å². The van der Waals surface area contributed by atoms with Gasteiger partial charge in [-0.2, -0.15) is 0 Å². The maximum atomic E-state index is 11.9. The Bertz CT molecular complexity index is 712. The summed E-state index contributed by atoms with van der Waals surface area (Å²) in [5.74, 6) is -0.886. The zero-order valence-corrected chi connectivity index (χ0v) is 13.5. The van der Waals surface area contributed by atoms with E-state index in [1.807, 2.05) is 6.92 Å². The van der Waals surface area contributed by atoms with E-state index in [0.717, 1.165) is 0 Å². The van der Waals surface area contributed by atoms with Gasteiger partial charge in [0.1, 0.15) is 18.6 Å². The van der Waals surface area contributed by atoms with E-state index in [-0.39, 0.29) is 12.4 Å². The van der Waals surface area contributed by atoms with Crippen LogP contribution in [-0.2, 0) is 14.3 Å². The Labute approximate surface area is 143 Å². The summed E-state index contributed by atoms with van der Waals surface area (Å²) >= 11 is 0. The number of hydrogen-bond donors (Lipinski definition) is 2. The summed E-state index contributed by atoms with van der Waals surface area (Å²) in [6.07, 6.45) is 1.29. The highest BCUT2D eigenvalue weighted by molar-refractivity contribution is 5.96. The average molecular weight is 347 g/mol. The number of aromatic nitrogens is 1. The minimum absolute atomic E-state index is 0.213. The first kappa shape index (κ1) is 18.0. The molecule has 25 heavy (non-hydrogen) atoms. The van der Waals surface area contributed by atoms with Crippen molar-refractivity contribution in [3.63, 3.8) is 0 Å². The minimum atomic E-state index is -0.741. The van der Waals surface area contributed by atoms with Gasteiger partial charge in [0.05, 0.1) is 6.61 Å². The van der Waals surface area contributed by atoms with Crippen molar-refractivity contribution >= 4 is 23.6 Å². The highest BCUT2D eigenvalue weighted by atomic mass is 16.5. The monoisotopic (exact) mass is 347 g/mol. The second-order valence-electron chi connectivity index (χ2n) is 4.73. The highest BCUT2D eigenvalue weighted by Crippen LogP contribution is 2.11. The first-order chi connectivity index (χ1) is 12.1. The third-order valence-electron chi connectivity index (χ3n) is 2.89. The summed E-state index contributed by atoms with van der Waals surface area (Å²) in [5, 5.41) is 8.25. The lowest BCUT2D eigenvalue weighted by Gasteiger charge is -2.07. The van der Waals surface area contributed by atoms with Gasteiger partial charge >= 0.3 is 5.97 Å². The molecule has 0 unspecified atom stereocenters. The van der Waals surface area contributed by atoms with Crippen LogP contribution in [0.1, 0.15) is 17.3 Å². The van der Waals surface area contributed by atoms with Crippen LogP contribution in [0.2, 0.25) is 0 Å². The van der Waals surface area contributed by atoms with E-state index in [0.29, 0.717) is 17.9 Å². The molecule has 1 heterocycles. The Morgan fingerprint density at radius 3 is 2.56 bits per heavy atom. The van der Waals surface area contributed by atoms with Crippen LogP contribution in [0.5, 0.6) is 5.75 Å². The van der Waals surface area contributed by atoms with Gasteiger partial charge in [0.2, 0.25) is 0 Å². The van der Waals surface area contributed by atoms with Crippen LogP contribution in [0.4, 0.5) is 5.82 Å². The number of benzene rings is 1. The van der Waals surface area contributed by atoms with Gasteiger partial charge in [-0.3, -0.25) is 14.4 Å². The van der Waals surface area contributed by atoms with Crippen molar-refractivity contribution in [2.45, 2.75) is 6.92 Å². The second-order valence-corrected chi connectivity index (χ2v) is 4.73. The van der Waals surface area contributed by atoms with Crippen molar-refractivity contribution in [3.8, 4) is 5.75 Å². The lowest BCUT2D eigenvalue weighted by atomic mass is 10.2. The fourth-order valence-corrected chi connectivity index (χ4v) is 1.78. The third-order valence-corrected chi connectivity index (χ3v) is 2.89. The van der Waals surface area contributed by atoms with Gasteiger partial charge in [-0.25, -0.2) is 0 Å². The van der Waals surface area contributed by atoms with Crippen LogP contribution in [0, 0.1) is 0 Å². The molecule has 0 radical (unpaired) electrons. The number of amides is 2. The number of ether oxygens (including phenoxy) is 2. The number of anilines is 1. The molecule has 1 aromatic carbocycles. The summed E-state index contributed by atoms with van der Waals surface area (Å²) in [5.41, 5.74) is 0.375. The molecule has 0 bridgehead atoms. The molecule has 132 valence electrons. The summed E-state index contributed by atoms with van der Waals surface area (Å²) in [4.78, 5) is 35.0. The molecule has 0 atom stereocenters. The van der Waals surface area contributed by atoms with Gasteiger partial charge in [-0.1, -0.05) is 5.16 Å². The first-order valence-electron chi connectivity index (χ1n) is 7.45. The molecule has 2 N–H and O–H groups in total. The van der Waals surface area contributed by atoms with E-state index in [4.69, 9.17) is 9.47 Å². The molecule has 9 heteroatoms. The molecule has 1 aromatic heterocycles. The Morgan fingerprint density at radius 2 is 1.92 bits per heavy atom. The van der Waals surface area contributed by atoms with E-state index in [1.165, 1.54) is 12.3 Å². The maximum Gasteiger partial charge on any atom is 0.325 e. The van der Waals surface area contributed by atoms with Crippen LogP contribution in [-0.4, -0.2) is 42.7 Å². The Kier molecular flexibility index (Phi) is 6.52. The van der Waals surface area contributed by atoms with Gasteiger partial charge in [0, 0.05) is 11.6 Å². The molecular formula is C16H17N3O6. The van der Waals surface area contributed by atoms with Crippen molar-refractivity contribution in [3.05, 3.63) is 42.2 Å². The van der Waals surface area contributed by atoms with Crippen molar-refractivity contribution in [1.29, 1.82) is 0 Å². The van der Waals surface area contributed by atoms with E-state index < -0.39 is 24.4 Å². The molecule has 0 aliphatic rings. The number of carbonyl (C=O) groups is 3. The molecule has 2 amide bonds. The zero-order chi connectivity index (χ0) is 18.1. The second kappa shape index (κ2) is 9.06. The minimum Gasteiger partial charge on any atom is -0.494 e. The molecule has 2 rings (SSSR count). The molecule has 9 nitrogen and oxygen atoms in total. The fourth-order valence-electron chi connectivity index (χ4n) is 1.78. The Hall–Kier alpha value is -3.36. The molecule has 0 aliphatic heterocycles. The number of hydrogen-bond acceptors (Lipinski definition) is 7. The van der Waals surface area contributed by atoms with Crippen LogP contribution in [0.3, 0.4) is 0 Å². The first-order valence-corrected chi connectivity index (χ1v) is 7.45. The summed E-state index contributed by atoms with van der Waals surface area (Å²) < 4.78 is 14.6. The lowest BCUT2D eigenvalue weighted by molar-refractivity contribution is -0.146. The van der Waals surface area contributed by atoms with E-state index in [2.05, 4.69) is 20.3 Å². The van der Waals surface area contributed by atoms with Crippen molar-refractivity contribution in [2.75, 3.05) is 25.1 Å². The number of carbonyl (C=O) groups excluding carboxylic acids is 3. The number of esters is 1. The Morgan fingerprint density at radius 1 is 1.16 bits per heavy atom. The molecule has 0 saturated carbocycles. The smallest absolute Gasteiger partial charge is 0.325 e. The molecule has 0 saturated heterocycles. The SMILES string of the molecule is CCOc1ccc(C(=O)NCC(=O)OCC(=O)Nc2ccon2)cc1. The Balaban J connectivity index is 1.70. The molecule has 0 fully saturated rings. The number of rotatable bonds is 8. The normalized spacial score (nSPS) is 9.96.